The van der Waals surface area contributed by atoms with Crippen molar-refractivity contribution < 1.29 is 24.0 Å². The minimum absolute atomic E-state index is 0.0764. The van der Waals surface area contributed by atoms with Gasteiger partial charge in [0.1, 0.15) is 5.54 Å². The van der Waals surface area contributed by atoms with Crippen LogP contribution in [0.4, 0.5) is 14.9 Å². The number of rotatable bonds is 5. The highest BCUT2D eigenvalue weighted by Gasteiger charge is 2.29. The first-order valence-electron chi connectivity index (χ1n) is 5.86. The molecule has 0 spiro atoms. The van der Waals surface area contributed by atoms with Crippen molar-refractivity contribution in [1.82, 2.24) is 10.6 Å². The van der Waals surface area contributed by atoms with Crippen molar-refractivity contribution in [2.75, 3.05) is 0 Å². The summed E-state index contributed by atoms with van der Waals surface area (Å²) in [5, 5.41) is 23.8. The number of benzene rings is 1. The van der Waals surface area contributed by atoms with Crippen LogP contribution in [-0.4, -0.2) is 27.6 Å². The molecular formula is C12H14FN3O5. The Kier molecular flexibility index (Phi) is 4.79. The Morgan fingerprint density at radius 1 is 1.43 bits per heavy atom. The van der Waals surface area contributed by atoms with E-state index in [0.29, 0.717) is 0 Å². The van der Waals surface area contributed by atoms with E-state index in [0.717, 1.165) is 6.07 Å². The van der Waals surface area contributed by atoms with Gasteiger partial charge in [-0.1, -0.05) is 12.1 Å². The van der Waals surface area contributed by atoms with Crippen molar-refractivity contribution in [2.45, 2.75) is 25.9 Å². The van der Waals surface area contributed by atoms with E-state index in [1.54, 1.807) is 0 Å². The van der Waals surface area contributed by atoms with Crippen LogP contribution in [0.25, 0.3) is 0 Å². The average molecular weight is 299 g/mol. The van der Waals surface area contributed by atoms with Crippen LogP contribution in [-0.2, 0) is 11.3 Å². The van der Waals surface area contributed by atoms with E-state index in [1.807, 2.05) is 0 Å². The number of nitro benzene ring substituents is 1. The number of nitrogens with one attached hydrogen (secondary N) is 2. The number of amides is 2. The van der Waals surface area contributed by atoms with Gasteiger partial charge in [0.15, 0.2) is 0 Å². The fraction of sp³-hybridized carbons (Fsp3) is 0.333. The molecule has 0 saturated heterocycles. The molecule has 0 heterocycles. The molecule has 114 valence electrons. The number of carboxylic acid groups (broad SMARTS) is 1. The van der Waals surface area contributed by atoms with Gasteiger partial charge in [-0.25, -0.2) is 9.59 Å². The first-order chi connectivity index (χ1) is 9.65. The molecule has 0 aliphatic carbocycles. The molecule has 0 atom stereocenters. The lowest BCUT2D eigenvalue weighted by atomic mass is 10.1. The number of nitro groups is 1. The third-order valence-corrected chi connectivity index (χ3v) is 2.66. The summed E-state index contributed by atoms with van der Waals surface area (Å²) in [5.41, 5.74) is -2.27. The Morgan fingerprint density at radius 3 is 2.57 bits per heavy atom. The Hall–Kier alpha value is -2.71. The van der Waals surface area contributed by atoms with Crippen LogP contribution in [0.2, 0.25) is 0 Å². The van der Waals surface area contributed by atoms with Crippen molar-refractivity contribution in [3.05, 3.63) is 39.7 Å². The second-order valence-electron chi connectivity index (χ2n) is 4.75. The molecule has 0 aliphatic rings. The lowest BCUT2D eigenvalue weighted by Gasteiger charge is -2.21. The van der Waals surface area contributed by atoms with Crippen LogP contribution in [0.3, 0.4) is 0 Å². The van der Waals surface area contributed by atoms with Crippen LogP contribution in [0.5, 0.6) is 0 Å². The normalized spacial score (nSPS) is 10.8. The molecule has 1 rings (SSSR count). The number of carbonyl (C=O) groups excluding carboxylic acids is 1. The van der Waals surface area contributed by atoms with Gasteiger partial charge in [0.05, 0.1) is 4.92 Å². The van der Waals surface area contributed by atoms with Gasteiger partial charge < -0.3 is 15.7 Å². The van der Waals surface area contributed by atoms with Crippen molar-refractivity contribution >= 4 is 17.7 Å². The molecular weight excluding hydrogens is 285 g/mol. The van der Waals surface area contributed by atoms with Crippen molar-refractivity contribution in [2.24, 2.45) is 0 Å². The van der Waals surface area contributed by atoms with E-state index < -0.39 is 34.0 Å². The number of halogens is 1. The molecule has 0 bridgehead atoms. The Labute approximate surface area is 119 Å². The van der Waals surface area contributed by atoms with Crippen LogP contribution >= 0.6 is 0 Å². The van der Waals surface area contributed by atoms with Gasteiger partial charge in [0, 0.05) is 18.2 Å². The Balaban J connectivity index is 2.72. The number of nitrogens with zero attached hydrogens (tertiary/aromatic N) is 1. The minimum Gasteiger partial charge on any atom is -0.480 e. The van der Waals surface area contributed by atoms with Crippen LogP contribution in [0.1, 0.15) is 19.4 Å². The van der Waals surface area contributed by atoms with Gasteiger partial charge in [-0.15, -0.1) is 0 Å². The van der Waals surface area contributed by atoms with Crippen LogP contribution < -0.4 is 10.6 Å². The second-order valence-corrected chi connectivity index (χ2v) is 4.75. The zero-order valence-electron chi connectivity index (χ0n) is 11.3. The predicted octanol–water partition coefficient (Wildman–Crippen LogP) is 1.40. The monoisotopic (exact) mass is 299 g/mol. The Morgan fingerprint density at radius 2 is 2.05 bits per heavy atom. The maximum atomic E-state index is 13.7. The molecule has 1 aromatic rings. The molecule has 0 unspecified atom stereocenters. The molecule has 2 amide bonds. The lowest BCUT2D eigenvalue weighted by molar-refractivity contribution is -0.387. The number of hydrogen-bond acceptors (Lipinski definition) is 4. The fourth-order valence-corrected chi connectivity index (χ4v) is 1.40. The summed E-state index contributed by atoms with van der Waals surface area (Å²) < 4.78 is 13.7. The van der Waals surface area contributed by atoms with Crippen LogP contribution in [0, 0.1) is 15.9 Å². The SMILES string of the molecule is CC(C)(NC(=O)NCc1cccc([N+](=O)[O-])c1F)C(=O)O. The largest absolute Gasteiger partial charge is 0.480 e. The van der Waals surface area contributed by atoms with E-state index in [2.05, 4.69) is 10.6 Å². The molecule has 0 radical (unpaired) electrons. The quantitative estimate of drug-likeness (QED) is 0.560. The molecule has 0 fully saturated rings. The second kappa shape index (κ2) is 6.16. The van der Waals surface area contributed by atoms with Crippen LogP contribution in [0.15, 0.2) is 18.2 Å². The summed E-state index contributed by atoms with van der Waals surface area (Å²) in [6, 6.07) is 2.75. The summed E-state index contributed by atoms with van der Waals surface area (Å²) in [7, 11) is 0. The predicted molar refractivity (Wildman–Crippen MR) is 70.1 cm³/mol. The molecule has 9 heteroatoms. The average Bonchev–Trinajstić information content (AvgIpc) is 2.36. The third-order valence-electron chi connectivity index (χ3n) is 2.66. The fourth-order valence-electron chi connectivity index (χ4n) is 1.40. The molecule has 21 heavy (non-hydrogen) atoms. The molecule has 1 aromatic carbocycles. The highest BCUT2D eigenvalue weighted by molar-refractivity contribution is 5.85. The summed E-state index contributed by atoms with van der Waals surface area (Å²) in [6.45, 7) is 2.25. The molecule has 3 N–H and O–H groups in total. The van der Waals surface area contributed by atoms with Gasteiger partial charge in [-0.2, -0.15) is 4.39 Å². The van der Waals surface area contributed by atoms with Crippen molar-refractivity contribution in [3.63, 3.8) is 0 Å². The Bertz CT molecular complexity index is 588. The van der Waals surface area contributed by atoms with E-state index >= 15 is 0 Å². The van der Waals surface area contributed by atoms with Gasteiger partial charge in [0.2, 0.25) is 5.82 Å². The summed E-state index contributed by atoms with van der Waals surface area (Å²) in [5.74, 6) is -2.28. The molecule has 8 nitrogen and oxygen atoms in total. The number of aliphatic carboxylic acids is 1. The van der Waals surface area contributed by atoms with E-state index in [4.69, 9.17) is 5.11 Å². The first-order valence-corrected chi connectivity index (χ1v) is 5.86. The number of hydrogen-bond donors (Lipinski definition) is 3. The van der Waals surface area contributed by atoms with Gasteiger partial charge in [0.25, 0.3) is 0 Å². The zero-order chi connectivity index (χ0) is 16.2. The first kappa shape index (κ1) is 16.3. The minimum atomic E-state index is -1.49. The van der Waals surface area contributed by atoms with Crippen molar-refractivity contribution in [1.29, 1.82) is 0 Å². The van der Waals surface area contributed by atoms with E-state index in [1.165, 1.54) is 26.0 Å². The molecule has 0 aromatic heterocycles. The highest BCUT2D eigenvalue weighted by atomic mass is 19.1. The third kappa shape index (κ3) is 4.13. The number of carboxylic acids is 1. The van der Waals surface area contributed by atoms with Crippen molar-refractivity contribution in [3.8, 4) is 0 Å². The lowest BCUT2D eigenvalue weighted by Crippen LogP contribution is -2.53. The highest BCUT2D eigenvalue weighted by Crippen LogP contribution is 2.19. The smallest absolute Gasteiger partial charge is 0.328 e. The van der Waals surface area contributed by atoms with Gasteiger partial charge in [-0.05, 0) is 13.8 Å². The topological polar surface area (TPSA) is 122 Å². The van der Waals surface area contributed by atoms with Gasteiger partial charge >= 0.3 is 17.7 Å². The number of urea groups is 1. The van der Waals surface area contributed by atoms with Gasteiger partial charge in [-0.3, -0.25) is 10.1 Å². The van der Waals surface area contributed by atoms with E-state index in [9.17, 15) is 24.1 Å². The standard InChI is InChI=1S/C12H14FN3O5/c1-12(2,10(17)18)15-11(19)14-6-7-4-3-5-8(9(7)13)16(20)21/h3-5H,6H2,1-2H3,(H,17,18)(H2,14,15,19). The molecule has 0 aliphatic heterocycles. The maximum Gasteiger partial charge on any atom is 0.328 e. The molecule has 0 saturated carbocycles. The zero-order valence-corrected chi connectivity index (χ0v) is 11.3. The number of carbonyl (C=O) groups is 2. The maximum absolute atomic E-state index is 13.7. The summed E-state index contributed by atoms with van der Waals surface area (Å²) in [6.07, 6.45) is 0. The summed E-state index contributed by atoms with van der Waals surface area (Å²) in [4.78, 5) is 32.1. The summed E-state index contributed by atoms with van der Waals surface area (Å²) >= 11 is 0. The van der Waals surface area contributed by atoms with E-state index in [-0.39, 0.29) is 12.1 Å².